The second kappa shape index (κ2) is 11.2. The van der Waals surface area contributed by atoms with Crippen LogP contribution in [0, 0.1) is 0 Å². The molecule has 0 saturated carbocycles. The zero-order valence-corrected chi connectivity index (χ0v) is 19.9. The lowest BCUT2D eigenvalue weighted by Gasteiger charge is -2.10. The minimum Gasteiger partial charge on any atom is -0.478 e. The van der Waals surface area contributed by atoms with Crippen molar-refractivity contribution in [3.63, 3.8) is 0 Å². The second-order valence-corrected chi connectivity index (χ2v) is 9.75. The SMILES string of the molecule is O=C(O)C=C(NS(=O)(=O)CCc1ccccc1)C(=O)Cn1nnc(Cc2c(Cl)cccc2Cl)n1. The summed E-state index contributed by atoms with van der Waals surface area (Å²) in [5.74, 6) is -2.47. The fourth-order valence-corrected chi connectivity index (χ4v) is 4.54. The fourth-order valence-electron chi connectivity index (χ4n) is 2.89. The molecule has 0 bridgehead atoms. The first kappa shape index (κ1) is 25.3. The predicted octanol–water partition coefficient (Wildman–Crippen LogP) is 2.27. The molecule has 0 fully saturated rings. The first-order valence-electron chi connectivity index (χ1n) is 9.85. The number of carbonyl (C=O) groups excluding carboxylic acids is 1. The van der Waals surface area contributed by atoms with Gasteiger partial charge in [-0.25, -0.2) is 13.2 Å². The Bertz CT molecular complexity index is 1310. The van der Waals surface area contributed by atoms with Gasteiger partial charge in [-0.3, -0.25) is 9.52 Å². The van der Waals surface area contributed by atoms with Crippen LogP contribution in [0.25, 0.3) is 0 Å². The van der Waals surface area contributed by atoms with Crippen LogP contribution in [0.2, 0.25) is 10.0 Å². The zero-order chi connectivity index (χ0) is 24.7. The number of rotatable bonds is 11. The van der Waals surface area contributed by atoms with Gasteiger partial charge >= 0.3 is 5.97 Å². The van der Waals surface area contributed by atoms with Crippen LogP contribution < -0.4 is 4.72 Å². The predicted molar refractivity (Wildman–Crippen MR) is 125 cm³/mol. The maximum atomic E-state index is 12.6. The van der Waals surface area contributed by atoms with Gasteiger partial charge in [-0.05, 0) is 34.9 Å². The van der Waals surface area contributed by atoms with E-state index >= 15 is 0 Å². The van der Waals surface area contributed by atoms with Crippen LogP contribution in [0.4, 0.5) is 0 Å². The maximum Gasteiger partial charge on any atom is 0.330 e. The number of nitrogens with one attached hydrogen (secondary N) is 1. The molecule has 3 aromatic rings. The van der Waals surface area contributed by atoms with Crippen LogP contribution >= 0.6 is 23.2 Å². The number of tetrazole rings is 1. The van der Waals surface area contributed by atoms with E-state index in [1.54, 1.807) is 48.5 Å². The molecule has 1 heterocycles. The molecule has 0 unspecified atom stereocenters. The highest BCUT2D eigenvalue weighted by molar-refractivity contribution is 7.89. The van der Waals surface area contributed by atoms with Crippen LogP contribution in [0.5, 0.6) is 0 Å². The second-order valence-electron chi connectivity index (χ2n) is 7.09. The number of aliphatic carboxylic acids is 1. The molecule has 0 atom stereocenters. The lowest BCUT2D eigenvalue weighted by atomic mass is 10.1. The topological polar surface area (TPSA) is 144 Å². The van der Waals surface area contributed by atoms with Crippen molar-refractivity contribution in [2.75, 3.05) is 5.75 Å². The molecule has 0 radical (unpaired) electrons. The summed E-state index contributed by atoms with van der Waals surface area (Å²) in [4.78, 5) is 24.7. The standard InChI is InChI=1S/C21H19Cl2N5O5S/c22-16-7-4-8-17(23)15(16)11-20-24-27-28(25-20)13-19(29)18(12-21(30)31)26-34(32,33)10-9-14-5-2-1-3-6-14/h1-8,12,26H,9-11,13H2,(H,30,31). The molecule has 178 valence electrons. The molecular weight excluding hydrogens is 505 g/mol. The summed E-state index contributed by atoms with van der Waals surface area (Å²) in [7, 11) is -4.00. The summed E-state index contributed by atoms with van der Waals surface area (Å²) in [5, 5.41) is 21.6. The van der Waals surface area contributed by atoms with Crippen LogP contribution in [0.3, 0.4) is 0 Å². The molecule has 0 saturated heterocycles. The number of Topliss-reactive ketones (excluding diaryl/α,β-unsaturated/α-hetero) is 1. The van der Waals surface area contributed by atoms with Crippen LogP contribution in [-0.2, 0) is 39.0 Å². The Morgan fingerprint density at radius 2 is 1.74 bits per heavy atom. The summed E-state index contributed by atoms with van der Waals surface area (Å²) in [6.07, 6.45) is 0.823. The van der Waals surface area contributed by atoms with Gasteiger partial charge in [-0.2, -0.15) is 4.80 Å². The van der Waals surface area contributed by atoms with Crippen molar-refractivity contribution in [2.24, 2.45) is 0 Å². The molecule has 0 spiro atoms. The third kappa shape index (κ3) is 7.37. The van der Waals surface area contributed by atoms with E-state index in [2.05, 4.69) is 20.1 Å². The number of benzene rings is 2. The number of aryl methyl sites for hydroxylation is 1. The quantitative estimate of drug-likeness (QED) is 0.364. The number of nitrogens with zero attached hydrogens (tertiary/aromatic N) is 4. The van der Waals surface area contributed by atoms with E-state index in [0.29, 0.717) is 21.7 Å². The van der Waals surface area contributed by atoms with E-state index < -0.39 is 34.0 Å². The summed E-state index contributed by atoms with van der Waals surface area (Å²) in [6, 6.07) is 13.9. The number of carboxylic acid groups (broad SMARTS) is 1. The molecule has 1 aromatic heterocycles. The maximum absolute atomic E-state index is 12.6. The van der Waals surface area contributed by atoms with Crippen LogP contribution in [0.1, 0.15) is 17.0 Å². The molecule has 0 aliphatic rings. The van der Waals surface area contributed by atoms with E-state index in [0.717, 1.165) is 10.4 Å². The molecule has 0 aliphatic carbocycles. The Morgan fingerprint density at radius 1 is 1.06 bits per heavy atom. The molecule has 13 heteroatoms. The van der Waals surface area contributed by atoms with Gasteiger partial charge in [0.05, 0.1) is 11.8 Å². The average molecular weight is 524 g/mol. The van der Waals surface area contributed by atoms with Gasteiger partial charge in [0.15, 0.2) is 5.82 Å². The Hall–Kier alpha value is -3.28. The molecule has 34 heavy (non-hydrogen) atoms. The van der Waals surface area contributed by atoms with Crippen molar-refractivity contribution in [3.8, 4) is 0 Å². The first-order valence-corrected chi connectivity index (χ1v) is 12.3. The molecule has 0 amide bonds. The van der Waals surface area contributed by atoms with Gasteiger partial charge in [0.25, 0.3) is 0 Å². The smallest absolute Gasteiger partial charge is 0.330 e. The number of sulfonamides is 1. The third-order valence-electron chi connectivity index (χ3n) is 4.51. The zero-order valence-electron chi connectivity index (χ0n) is 17.6. The van der Waals surface area contributed by atoms with E-state index in [1.807, 2.05) is 0 Å². The van der Waals surface area contributed by atoms with Crippen LogP contribution in [-0.4, -0.2) is 51.2 Å². The Labute approximate surface area is 205 Å². The summed E-state index contributed by atoms with van der Waals surface area (Å²) in [5.41, 5.74) is 0.740. The highest BCUT2D eigenvalue weighted by Crippen LogP contribution is 2.25. The van der Waals surface area contributed by atoms with Gasteiger partial charge in [0.1, 0.15) is 12.2 Å². The van der Waals surface area contributed by atoms with E-state index in [-0.39, 0.29) is 24.4 Å². The van der Waals surface area contributed by atoms with Crippen molar-refractivity contribution < 1.29 is 23.1 Å². The van der Waals surface area contributed by atoms with Gasteiger partial charge in [-0.15, -0.1) is 10.2 Å². The minimum absolute atomic E-state index is 0.149. The van der Waals surface area contributed by atoms with Crippen molar-refractivity contribution in [1.29, 1.82) is 0 Å². The minimum atomic E-state index is -4.00. The highest BCUT2D eigenvalue weighted by atomic mass is 35.5. The van der Waals surface area contributed by atoms with Gasteiger partial charge in [-0.1, -0.05) is 59.6 Å². The largest absolute Gasteiger partial charge is 0.478 e. The third-order valence-corrected chi connectivity index (χ3v) is 6.49. The van der Waals surface area contributed by atoms with E-state index in [9.17, 15) is 18.0 Å². The monoisotopic (exact) mass is 523 g/mol. The van der Waals surface area contributed by atoms with Crippen molar-refractivity contribution >= 4 is 45.0 Å². The summed E-state index contributed by atoms with van der Waals surface area (Å²) in [6.45, 7) is -0.538. The lowest BCUT2D eigenvalue weighted by molar-refractivity contribution is -0.131. The Balaban J connectivity index is 1.68. The number of halogens is 2. The normalized spacial score (nSPS) is 11.9. The number of hydrogen-bond acceptors (Lipinski definition) is 7. The highest BCUT2D eigenvalue weighted by Gasteiger charge is 2.21. The summed E-state index contributed by atoms with van der Waals surface area (Å²) >= 11 is 12.3. The molecule has 0 aliphatic heterocycles. The molecule has 2 aromatic carbocycles. The van der Waals surface area contributed by atoms with Crippen molar-refractivity contribution in [3.05, 3.63) is 87.3 Å². The van der Waals surface area contributed by atoms with E-state index in [4.69, 9.17) is 28.3 Å². The molecule has 10 nitrogen and oxygen atoms in total. The number of hydrogen-bond donors (Lipinski definition) is 2. The van der Waals surface area contributed by atoms with E-state index in [1.165, 1.54) is 0 Å². The fraction of sp³-hybridized carbons (Fsp3) is 0.190. The Kier molecular flexibility index (Phi) is 8.37. The summed E-state index contributed by atoms with van der Waals surface area (Å²) < 4.78 is 27.0. The number of aromatic nitrogens is 4. The van der Waals surface area contributed by atoms with Crippen molar-refractivity contribution in [1.82, 2.24) is 24.9 Å². The first-order chi connectivity index (χ1) is 16.1. The average Bonchev–Trinajstić information content (AvgIpc) is 3.22. The van der Waals surface area contributed by atoms with Gasteiger partial charge in [0, 0.05) is 16.5 Å². The molecule has 3 rings (SSSR count). The Morgan fingerprint density at radius 3 is 2.38 bits per heavy atom. The molecule has 2 N–H and O–H groups in total. The van der Waals surface area contributed by atoms with Gasteiger partial charge in [0.2, 0.25) is 15.8 Å². The lowest BCUT2D eigenvalue weighted by Crippen LogP contribution is -2.32. The van der Waals surface area contributed by atoms with Crippen LogP contribution in [0.15, 0.2) is 60.3 Å². The molecular formula is C21H19Cl2N5O5S. The number of allylic oxidation sites excluding steroid dienone is 1. The number of carbonyl (C=O) groups is 2. The number of carboxylic acids is 1. The van der Waals surface area contributed by atoms with Crippen molar-refractivity contribution in [2.45, 2.75) is 19.4 Å². The van der Waals surface area contributed by atoms with Gasteiger partial charge < -0.3 is 5.11 Å². The number of ketones is 1.